The SMILES string of the molecule is O=C(COC(=O)C1(c2cccc(Cl)c2)CCC1)NCCCc1ccccc1. The van der Waals surface area contributed by atoms with Crippen LogP contribution < -0.4 is 5.32 Å². The van der Waals surface area contributed by atoms with Gasteiger partial charge in [-0.3, -0.25) is 9.59 Å². The minimum absolute atomic E-state index is 0.244. The van der Waals surface area contributed by atoms with Gasteiger partial charge in [-0.05, 0) is 48.9 Å². The molecule has 1 aliphatic carbocycles. The Morgan fingerprint density at radius 2 is 1.85 bits per heavy atom. The number of aryl methyl sites for hydroxylation is 1. The average molecular weight is 386 g/mol. The molecule has 142 valence electrons. The Kier molecular flexibility index (Phi) is 6.51. The summed E-state index contributed by atoms with van der Waals surface area (Å²) in [5.74, 6) is -0.604. The third-order valence-electron chi connectivity index (χ3n) is 5.12. The van der Waals surface area contributed by atoms with Crippen LogP contribution in [0.3, 0.4) is 0 Å². The van der Waals surface area contributed by atoms with Crippen molar-refractivity contribution in [3.63, 3.8) is 0 Å². The highest BCUT2D eigenvalue weighted by Gasteiger charge is 2.47. The number of ether oxygens (including phenoxy) is 1. The summed E-state index contributed by atoms with van der Waals surface area (Å²) in [4.78, 5) is 24.6. The predicted molar refractivity (Wildman–Crippen MR) is 106 cm³/mol. The van der Waals surface area contributed by atoms with Gasteiger partial charge in [-0.2, -0.15) is 0 Å². The Balaban J connectivity index is 1.43. The van der Waals surface area contributed by atoms with Crippen molar-refractivity contribution in [1.82, 2.24) is 5.32 Å². The number of hydrogen-bond acceptors (Lipinski definition) is 3. The van der Waals surface area contributed by atoms with E-state index in [1.165, 1.54) is 5.56 Å². The highest BCUT2D eigenvalue weighted by molar-refractivity contribution is 6.30. The van der Waals surface area contributed by atoms with E-state index in [2.05, 4.69) is 17.4 Å². The van der Waals surface area contributed by atoms with Crippen molar-refractivity contribution in [2.24, 2.45) is 0 Å². The van der Waals surface area contributed by atoms with Gasteiger partial charge in [-0.25, -0.2) is 0 Å². The van der Waals surface area contributed by atoms with Crippen LogP contribution in [0.1, 0.15) is 36.8 Å². The Hall–Kier alpha value is -2.33. The number of halogens is 1. The molecule has 0 aromatic heterocycles. The van der Waals surface area contributed by atoms with Gasteiger partial charge in [0.2, 0.25) is 0 Å². The maximum absolute atomic E-state index is 12.6. The second-order valence-corrected chi connectivity index (χ2v) is 7.40. The molecule has 2 aromatic rings. The lowest BCUT2D eigenvalue weighted by Gasteiger charge is -2.39. The van der Waals surface area contributed by atoms with E-state index >= 15 is 0 Å². The van der Waals surface area contributed by atoms with Crippen LogP contribution in [0.5, 0.6) is 0 Å². The molecule has 0 spiro atoms. The molecule has 4 nitrogen and oxygen atoms in total. The Bertz CT molecular complexity index is 787. The summed E-state index contributed by atoms with van der Waals surface area (Å²) in [7, 11) is 0. The minimum Gasteiger partial charge on any atom is -0.455 e. The summed E-state index contributed by atoms with van der Waals surface area (Å²) in [5.41, 5.74) is 1.46. The van der Waals surface area contributed by atoms with Gasteiger partial charge in [-0.15, -0.1) is 0 Å². The van der Waals surface area contributed by atoms with Gasteiger partial charge in [0.1, 0.15) is 0 Å². The van der Waals surface area contributed by atoms with E-state index in [1.807, 2.05) is 36.4 Å². The average Bonchev–Trinajstić information content (AvgIpc) is 2.64. The molecule has 3 rings (SSSR count). The fourth-order valence-corrected chi connectivity index (χ4v) is 3.60. The molecule has 0 bridgehead atoms. The van der Waals surface area contributed by atoms with E-state index in [0.717, 1.165) is 37.7 Å². The minimum atomic E-state index is -0.654. The van der Waals surface area contributed by atoms with Crippen LogP contribution in [0.25, 0.3) is 0 Å². The third kappa shape index (κ3) is 4.89. The Morgan fingerprint density at radius 1 is 1.07 bits per heavy atom. The van der Waals surface area contributed by atoms with Crippen LogP contribution in [0.2, 0.25) is 5.02 Å². The number of hydrogen-bond donors (Lipinski definition) is 1. The monoisotopic (exact) mass is 385 g/mol. The van der Waals surface area contributed by atoms with Gasteiger partial charge in [0.15, 0.2) is 6.61 Å². The van der Waals surface area contributed by atoms with E-state index < -0.39 is 5.41 Å². The van der Waals surface area contributed by atoms with Gasteiger partial charge in [0.25, 0.3) is 5.91 Å². The zero-order valence-electron chi connectivity index (χ0n) is 15.2. The number of esters is 1. The molecule has 5 heteroatoms. The number of benzene rings is 2. The summed E-state index contributed by atoms with van der Waals surface area (Å²) in [6.45, 7) is 0.317. The first-order chi connectivity index (χ1) is 13.1. The molecule has 27 heavy (non-hydrogen) atoms. The number of amides is 1. The van der Waals surface area contributed by atoms with Crippen molar-refractivity contribution in [2.75, 3.05) is 13.2 Å². The maximum atomic E-state index is 12.6. The third-order valence-corrected chi connectivity index (χ3v) is 5.35. The molecule has 1 N–H and O–H groups in total. The molecule has 0 atom stereocenters. The number of rotatable bonds is 8. The van der Waals surface area contributed by atoms with Crippen LogP contribution >= 0.6 is 11.6 Å². The van der Waals surface area contributed by atoms with Gasteiger partial charge < -0.3 is 10.1 Å². The molecule has 0 saturated heterocycles. The molecule has 2 aromatic carbocycles. The van der Waals surface area contributed by atoms with Crippen LogP contribution in [-0.4, -0.2) is 25.0 Å². The van der Waals surface area contributed by atoms with Gasteiger partial charge in [0, 0.05) is 11.6 Å². The van der Waals surface area contributed by atoms with Crippen molar-refractivity contribution in [3.05, 3.63) is 70.7 Å². The van der Waals surface area contributed by atoms with E-state index in [0.29, 0.717) is 11.6 Å². The summed E-state index contributed by atoms with van der Waals surface area (Å²) >= 11 is 6.06. The summed E-state index contributed by atoms with van der Waals surface area (Å²) in [5, 5.41) is 3.41. The Morgan fingerprint density at radius 3 is 2.52 bits per heavy atom. The van der Waals surface area contributed by atoms with E-state index in [4.69, 9.17) is 16.3 Å². The van der Waals surface area contributed by atoms with Crippen molar-refractivity contribution in [3.8, 4) is 0 Å². The summed E-state index contributed by atoms with van der Waals surface area (Å²) in [6.07, 6.45) is 4.16. The quantitative estimate of drug-likeness (QED) is 0.550. The fraction of sp³-hybridized carbons (Fsp3) is 0.364. The first kappa shape index (κ1) is 19.4. The van der Waals surface area contributed by atoms with Crippen LogP contribution in [-0.2, 0) is 26.2 Å². The lowest BCUT2D eigenvalue weighted by atomic mass is 9.64. The molecule has 1 aliphatic rings. The first-order valence-corrected chi connectivity index (χ1v) is 9.72. The smallest absolute Gasteiger partial charge is 0.317 e. The number of nitrogens with one attached hydrogen (secondary N) is 1. The highest BCUT2D eigenvalue weighted by atomic mass is 35.5. The molecule has 0 aliphatic heterocycles. The topological polar surface area (TPSA) is 55.4 Å². The molecule has 1 fully saturated rings. The van der Waals surface area contributed by atoms with Gasteiger partial charge in [-0.1, -0.05) is 60.5 Å². The molecule has 1 amide bonds. The Labute approximate surface area is 164 Å². The number of carbonyl (C=O) groups is 2. The van der Waals surface area contributed by atoms with E-state index in [1.54, 1.807) is 6.07 Å². The van der Waals surface area contributed by atoms with Crippen LogP contribution in [0, 0.1) is 0 Å². The highest BCUT2D eigenvalue weighted by Crippen LogP contribution is 2.45. The largest absolute Gasteiger partial charge is 0.455 e. The summed E-state index contributed by atoms with van der Waals surface area (Å²) < 4.78 is 5.33. The van der Waals surface area contributed by atoms with Crippen molar-refractivity contribution in [1.29, 1.82) is 0 Å². The van der Waals surface area contributed by atoms with Crippen LogP contribution in [0.4, 0.5) is 0 Å². The van der Waals surface area contributed by atoms with Crippen LogP contribution in [0.15, 0.2) is 54.6 Å². The molecular weight excluding hydrogens is 362 g/mol. The summed E-state index contributed by atoms with van der Waals surface area (Å²) in [6, 6.07) is 17.5. The predicted octanol–water partition coefficient (Wildman–Crippen LogP) is 4.05. The van der Waals surface area contributed by atoms with E-state index in [-0.39, 0.29) is 18.5 Å². The van der Waals surface area contributed by atoms with Crippen molar-refractivity contribution < 1.29 is 14.3 Å². The lowest BCUT2D eigenvalue weighted by molar-refractivity contribution is -0.157. The zero-order valence-corrected chi connectivity index (χ0v) is 16.0. The normalized spacial score (nSPS) is 14.9. The standard InChI is InChI=1S/C22H24ClNO3/c23-19-11-4-10-18(15-19)22(12-6-13-22)21(26)27-16-20(25)24-14-5-9-17-7-2-1-3-8-17/h1-4,7-8,10-11,15H,5-6,9,12-14,16H2,(H,24,25). The molecular formula is C22H24ClNO3. The van der Waals surface area contributed by atoms with Crippen molar-refractivity contribution in [2.45, 2.75) is 37.5 Å². The molecule has 0 heterocycles. The molecule has 0 unspecified atom stereocenters. The number of carbonyl (C=O) groups excluding carboxylic acids is 2. The zero-order chi connectivity index (χ0) is 19.1. The van der Waals surface area contributed by atoms with Gasteiger partial charge in [0.05, 0.1) is 5.41 Å². The maximum Gasteiger partial charge on any atom is 0.317 e. The molecule has 0 radical (unpaired) electrons. The molecule has 1 saturated carbocycles. The second kappa shape index (κ2) is 9.05. The fourth-order valence-electron chi connectivity index (χ4n) is 3.41. The van der Waals surface area contributed by atoms with E-state index in [9.17, 15) is 9.59 Å². The first-order valence-electron chi connectivity index (χ1n) is 9.34. The van der Waals surface area contributed by atoms with Gasteiger partial charge >= 0.3 is 5.97 Å². The van der Waals surface area contributed by atoms with Crippen molar-refractivity contribution >= 4 is 23.5 Å². The lowest BCUT2D eigenvalue weighted by Crippen LogP contribution is -2.45. The second-order valence-electron chi connectivity index (χ2n) is 6.96.